The summed E-state index contributed by atoms with van der Waals surface area (Å²) in [5.41, 5.74) is 3.72. The van der Waals surface area contributed by atoms with E-state index in [1.807, 2.05) is 25.2 Å². The third-order valence-electron chi connectivity index (χ3n) is 3.22. The van der Waals surface area contributed by atoms with Crippen molar-refractivity contribution in [3.8, 4) is 0 Å². The molecule has 21 heavy (non-hydrogen) atoms. The van der Waals surface area contributed by atoms with Gasteiger partial charge in [-0.1, -0.05) is 67.9 Å². The van der Waals surface area contributed by atoms with Gasteiger partial charge in [0, 0.05) is 9.81 Å². The van der Waals surface area contributed by atoms with Gasteiger partial charge < -0.3 is 0 Å². The van der Waals surface area contributed by atoms with E-state index in [0.717, 1.165) is 21.8 Å². The van der Waals surface area contributed by atoms with Crippen LogP contribution in [0, 0.1) is 0 Å². The molecule has 0 radical (unpaired) electrons. The predicted molar refractivity (Wildman–Crippen MR) is 99.3 cm³/mol. The van der Waals surface area contributed by atoms with Crippen LogP contribution in [0.2, 0.25) is 0 Å². The topological polar surface area (TPSA) is 12.0 Å². The van der Waals surface area contributed by atoms with Crippen LogP contribution in [0.4, 0.5) is 0 Å². The van der Waals surface area contributed by atoms with E-state index in [-0.39, 0.29) is 0 Å². The molecule has 0 aromatic heterocycles. The fourth-order valence-corrected chi connectivity index (χ4v) is 3.27. The zero-order chi connectivity index (χ0) is 15.1. The Balaban J connectivity index is 2.38. The summed E-state index contributed by atoms with van der Waals surface area (Å²) in [6.45, 7) is 2.21. The van der Waals surface area contributed by atoms with Crippen LogP contribution in [0.3, 0.4) is 0 Å². The van der Waals surface area contributed by atoms with Crippen LogP contribution in [0.15, 0.2) is 54.6 Å². The number of thiol groups is 1. The Morgan fingerprint density at radius 1 is 1.00 bits per heavy atom. The minimum absolute atomic E-state index is 0.998. The molecular formula is C18H21NS2. The summed E-state index contributed by atoms with van der Waals surface area (Å²) >= 11 is 6.35. The van der Waals surface area contributed by atoms with E-state index in [4.69, 9.17) is 12.6 Å². The van der Waals surface area contributed by atoms with Crippen molar-refractivity contribution in [2.45, 2.75) is 19.8 Å². The Kier molecular flexibility index (Phi) is 6.43. The minimum atomic E-state index is 0.998. The molecule has 0 saturated heterocycles. The first kappa shape index (κ1) is 16.2. The zero-order valence-corrected chi connectivity index (χ0v) is 14.2. The maximum atomic E-state index is 4.75. The van der Waals surface area contributed by atoms with E-state index in [1.165, 1.54) is 17.5 Å². The van der Waals surface area contributed by atoms with Gasteiger partial charge in [-0.2, -0.15) is 0 Å². The molecule has 0 atom stereocenters. The lowest BCUT2D eigenvalue weighted by Crippen LogP contribution is -1.95. The second-order valence-electron chi connectivity index (χ2n) is 4.80. The van der Waals surface area contributed by atoms with E-state index >= 15 is 0 Å². The third kappa shape index (κ3) is 4.40. The number of rotatable bonds is 6. The van der Waals surface area contributed by atoms with Crippen molar-refractivity contribution in [2.75, 3.05) is 7.05 Å². The van der Waals surface area contributed by atoms with Gasteiger partial charge in [-0.25, -0.2) is 0 Å². The molecule has 0 aliphatic heterocycles. The molecule has 1 N–H and O–H groups in total. The highest BCUT2D eigenvalue weighted by atomic mass is 32.2. The van der Waals surface area contributed by atoms with E-state index in [0.29, 0.717) is 0 Å². The molecule has 3 heteroatoms. The van der Waals surface area contributed by atoms with Gasteiger partial charge >= 0.3 is 0 Å². The van der Waals surface area contributed by atoms with Crippen LogP contribution in [-0.2, 0) is 6.42 Å². The molecule has 0 fully saturated rings. The lowest BCUT2D eigenvalue weighted by Gasteiger charge is -2.12. The molecule has 2 rings (SSSR count). The number of hydrogen-bond acceptors (Lipinski definition) is 3. The molecule has 0 heterocycles. The van der Waals surface area contributed by atoms with Crippen LogP contribution < -0.4 is 4.72 Å². The second-order valence-corrected chi connectivity index (χ2v) is 6.26. The van der Waals surface area contributed by atoms with Crippen LogP contribution in [0.25, 0.3) is 9.81 Å². The van der Waals surface area contributed by atoms with E-state index < -0.39 is 0 Å². The second kappa shape index (κ2) is 8.32. The maximum Gasteiger partial charge on any atom is 0.0439 e. The molecule has 0 bridgehead atoms. The predicted octanol–water partition coefficient (Wildman–Crippen LogP) is 5.26. The Hall–Kier alpha value is -1.16. The van der Waals surface area contributed by atoms with Gasteiger partial charge in [0.05, 0.1) is 0 Å². The van der Waals surface area contributed by atoms with Gasteiger partial charge in [0.25, 0.3) is 0 Å². The lowest BCUT2D eigenvalue weighted by molar-refractivity contribution is 0.922. The highest BCUT2D eigenvalue weighted by Gasteiger charge is 2.09. The lowest BCUT2D eigenvalue weighted by atomic mass is 10.1. The van der Waals surface area contributed by atoms with Gasteiger partial charge in [-0.15, -0.1) is 12.6 Å². The van der Waals surface area contributed by atoms with Crippen molar-refractivity contribution in [3.05, 3.63) is 71.3 Å². The zero-order valence-electron chi connectivity index (χ0n) is 12.5. The molecule has 0 spiro atoms. The van der Waals surface area contributed by atoms with Crippen molar-refractivity contribution in [3.63, 3.8) is 0 Å². The van der Waals surface area contributed by atoms with Crippen molar-refractivity contribution in [1.29, 1.82) is 0 Å². The standard InChI is InChI=1S/C18H21NS2/c1-3-7-14-10-12-16(13-11-14)18(21-19-2)17(20)15-8-5-4-6-9-15/h4-6,8-13,19-20H,3,7H2,1-2H3/b18-17-. The van der Waals surface area contributed by atoms with Crippen molar-refractivity contribution >= 4 is 34.4 Å². The molecular weight excluding hydrogens is 294 g/mol. The van der Waals surface area contributed by atoms with Gasteiger partial charge in [0.2, 0.25) is 0 Å². The molecule has 0 unspecified atom stereocenters. The number of aryl methyl sites for hydroxylation is 1. The van der Waals surface area contributed by atoms with Gasteiger partial charge in [0.1, 0.15) is 0 Å². The van der Waals surface area contributed by atoms with Gasteiger partial charge in [-0.05, 0) is 42.1 Å². The van der Waals surface area contributed by atoms with Crippen molar-refractivity contribution in [2.24, 2.45) is 0 Å². The summed E-state index contributed by atoms with van der Waals surface area (Å²) < 4.78 is 3.17. The smallest absolute Gasteiger partial charge is 0.0439 e. The highest BCUT2D eigenvalue weighted by Crippen LogP contribution is 2.35. The number of hydrogen-bond donors (Lipinski definition) is 2. The van der Waals surface area contributed by atoms with Crippen LogP contribution in [0.5, 0.6) is 0 Å². The Labute approximate surface area is 137 Å². The molecule has 0 saturated carbocycles. The Morgan fingerprint density at radius 2 is 1.67 bits per heavy atom. The molecule has 2 aromatic rings. The van der Waals surface area contributed by atoms with E-state index in [9.17, 15) is 0 Å². The summed E-state index contributed by atoms with van der Waals surface area (Å²) in [4.78, 5) is 2.15. The van der Waals surface area contributed by atoms with Crippen LogP contribution >= 0.6 is 24.6 Å². The third-order valence-corrected chi connectivity index (χ3v) is 4.70. The maximum absolute atomic E-state index is 4.75. The Bertz CT molecular complexity index is 588. The molecule has 2 aromatic carbocycles. The SMILES string of the molecule is CCCc1ccc(/C(SNC)=C(/S)c2ccccc2)cc1. The van der Waals surface area contributed by atoms with E-state index in [1.54, 1.807) is 11.9 Å². The van der Waals surface area contributed by atoms with Crippen LogP contribution in [0.1, 0.15) is 30.0 Å². The molecule has 0 amide bonds. The first-order chi connectivity index (χ1) is 10.3. The van der Waals surface area contributed by atoms with Gasteiger partial charge in [-0.3, -0.25) is 4.72 Å². The summed E-state index contributed by atoms with van der Waals surface area (Å²) in [5.74, 6) is 0. The summed E-state index contributed by atoms with van der Waals surface area (Å²) in [7, 11) is 1.93. The largest absolute Gasteiger partial charge is 0.263 e. The fourth-order valence-electron chi connectivity index (χ4n) is 2.18. The van der Waals surface area contributed by atoms with Crippen molar-refractivity contribution in [1.82, 2.24) is 4.72 Å². The summed E-state index contributed by atoms with van der Waals surface area (Å²) in [5, 5.41) is 0. The summed E-state index contributed by atoms with van der Waals surface area (Å²) in [6, 6.07) is 19.1. The first-order valence-corrected chi connectivity index (χ1v) is 8.44. The first-order valence-electron chi connectivity index (χ1n) is 7.17. The molecule has 1 nitrogen and oxygen atoms in total. The quantitative estimate of drug-likeness (QED) is 0.428. The average Bonchev–Trinajstić information content (AvgIpc) is 2.54. The molecule has 110 valence electrons. The Morgan fingerprint density at radius 3 is 2.24 bits per heavy atom. The monoisotopic (exact) mass is 315 g/mol. The summed E-state index contributed by atoms with van der Waals surface area (Å²) in [6.07, 6.45) is 2.31. The van der Waals surface area contributed by atoms with Crippen molar-refractivity contribution < 1.29 is 0 Å². The van der Waals surface area contributed by atoms with E-state index in [2.05, 4.69) is 48.0 Å². The normalized spacial score (nSPS) is 12.1. The number of benzene rings is 2. The van der Waals surface area contributed by atoms with Gasteiger partial charge in [0.15, 0.2) is 0 Å². The fraction of sp³-hybridized carbons (Fsp3) is 0.222. The molecule has 0 aliphatic rings. The van der Waals surface area contributed by atoms with Crippen LogP contribution in [-0.4, -0.2) is 7.05 Å². The average molecular weight is 316 g/mol. The molecule has 0 aliphatic carbocycles. The highest BCUT2D eigenvalue weighted by molar-refractivity contribution is 8.08. The minimum Gasteiger partial charge on any atom is -0.263 e. The number of nitrogens with one attached hydrogen (secondary N) is 1.